The summed E-state index contributed by atoms with van der Waals surface area (Å²) >= 11 is 0. The molecule has 0 bridgehead atoms. The molecule has 3 heterocycles. The number of aromatic nitrogens is 1. The van der Waals surface area contributed by atoms with E-state index < -0.39 is 11.3 Å². The third-order valence-corrected chi connectivity index (χ3v) is 5.66. The number of para-hydroxylation sites is 2. The Hall–Kier alpha value is -4.58. The summed E-state index contributed by atoms with van der Waals surface area (Å²) in [6, 6.07) is 23.2. The van der Waals surface area contributed by atoms with Gasteiger partial charge in [0.1, 0.15) is 28.0 Å². The van der Waals surface area contributed by atoms with Gasteiger partial charge in [0.25, 0.3) is 0 Å². The quantitative estimate of drug-likeness (QED) is 0.364. The number of aromatic hydroxyl groups is 1. The Kier molecular flexibility index (Phi) is 3.82. The summed E-state index contributed by atoms with van der Waals surface area (Å²) in [5, 5.41) is 12.7. The van der Waals surface area contributed by atoms with E-state index in [1.165, 1.54) is 0 Å². The predicted octanol–water partition coefficient (Wildman–Crippen LogP) is 5.42. The van der Waals surface area contributed by atoms with E-state index in [2.05, 4.69) is 4.98 Å². The van der Waals surface area contributed by atoms with E-state index in [4.69, 9.17) is 8.83 Å². The molecule has 6 aromatic rings. The third-order valence-electron chi connectivity index (χ3n) is 5.66. The van der Waals surface area contributed by atoms with Crippen molar-refractivity contribution < 1.29 is 13.9 Å². The van der Waals surface area contributed by atoms with Gasteiger partial charge in [-0.05, 0) is 23.8 Å². The van der Waals surface area contributed by atoms with Crippen molar-refractivity contribution in [2.75, 3.05) is 0 Å². The van der Waals surface area contributed by atoms with Crippen molar-refractivity contribution in [3.05, 3.63) is 99.7 Å². The van der Waals surface area contributed by atoms with Gasteiger partial charge in [-0.15, -0.1) is 0 Å². The van der Waals surface area contributed by atoms with Gasteiger partial charge in [0.2, 0.25) is 0 Å². The first-order chi connectivity index (χ1) is 15.6. The molecule has 0 aliphatic carbocycles. The highest BCUT2D eigenvalue weighted by Crippen LogP contribution is 2.43. The van der Waals surface area contributed by atoms with Crippen LogP contribution in [0.15, 0.2) is 97.3 Å². The van der Waals surface area contributed by atoms with E-state index in [1.54, 1.807) is 36.4 Å². The van der Waals surface area contributed by atoms with Crippen molar-refractivity contribution in [1.29, 1.82) is 0 Å². The van der Waals surface area contributed by atoms with Gasteiger partial charge in [-0.3, -0.25) is 0 Å². The molecule has 154 valence electrons. The maximum Gasteiger partial charge on any atom is 0.360 e. The smallest absolute Gasteiger partial charge is 0.360 e. The summed E-state index contributed by atoms with van der Waals surface area (Å²) in [5.41, 5.74) is 1.26. The number of hydrogen-bond donors (Lipinski definition) is 2. The van der Waals surface area contributed by atoms with E-state index in [0.717, 1.165) is 5.56 Å². The first kappa shape index (κ1) is 18.2. The van der Waals surface area contributed by atoms with Crippen LogP contribution in [-0.4, -0.2) is 10.1 Å². The van der Waals surface area contributed by atoms with Crippen LogP contribution in [0.5, 0.6) is 5.75 Å². The van der Waals surface area contributed by atoms with Crippen LogP contribution in [0.4, 0.5) is 0 Å². The van der Waals surface area contributed by atoms with Gasteiger partial charge >= 0.3 is 11.3 Å². The molecule has 0 saturated carbocycles. The lowest BCUT2D eigenvalue weighted by Crippen LogP contribution is -2.04. The predicted molar refractivity (Wildman–Crippen MR) is 123 cm³/mol. The van der Waals surface area contributed by atoms with E-state index in [-0.39, 0.29) is 22.4 Å². The molecular weight excluding hydrogens is 406 g/mol. The second-order valence-corrected chi connectivity index (χ2v) is 7.49. The van der Waals surface area contributed by atoms with Crippen molar-refractivity contribution in [2.24, 2.45) is 0 Å². The van der Waals surface area contributed by atoms with Gasteiger partial charge < -0.3 is 18.9 Å². The Morgan fingerprint density at radius 3 is 2.00 bits per heavy atom. The maximum absolute atomic E-state index is 13.2. The van der Waals surface area contributed by atoms with Crippen LogP contribution in [-0.2, 0) is 0 Å². The summed E-state index contributed by atoms with van der Waals surface area (Å²) < 4.78 is 11.0. The van der Waals surface area contributed by atoms with E-state index >= 15 is 0 Å². The molecule has 0 saturated heterocycles. The minimum Gasteiger partial charge on any atom is -0.506 e. The average molecular weight is 421 g/mol. The molecule has 3 aromatic carbocycles. The van der Waals surface area contributed by atoms with Crippen molar-refractivity contribution in [3.8, 4) is 28.1 Å². The highest BCUT2D eigenvalue weighted by molar-refractivity contribution is 6.16. The van der Waals surface area contributed by atoms with Crippen LogP contribution in [0.25, 0.3) is 55.2 Å². The standard InChI is InChI=1S/C26H15NO5/c28-24-16-11-5-7-13-18(16)31-25(29)21(24)20-19-15-10-4-6-12-17(15)32-26(30)23(19)27-22(20)14-8-2-1-3-9-14/h1-13,27-28H. The van der Waals surface area contributed by atoms with Crippen molar-refractivity contribution in [1.82, 2.24) is 4.98 Å². The number of rotatable bonds is 2. The number of aromatic amines is 1. The molecule has 0 spiro atoms. The molecule has 0 atom stereocenters. The zero-order valence-corrected chi connectivity index (χ0v) is 16.6. The highest BCUT2D eigenvalue weighted by Gasteiger charge is 2.26. The molecule has 3 aromatic heterocycles. The average Bonchev–Trinajstić information content (AvgIpc) is 3.21. The Morgan fingerprint density at radius 2 is 1.25 bits per heavy atom. The normalized spacial score (nSPS) is 11.5. The van der Waals surface area contributed by atoms with Crippen molar-refractivity contribution in [2.45, 2.75) is 0 Å². The van der Waals surface area contributed by atoms with E-state index in [9.17, 15) is 14.7 Å². The van der Waals surface area contributed by atoms with Crippen molar-refractivity contribution >= 4 is 32.8 Å². The lowest BCUT2D eigenvalue weighted by atomic mass is 9.96. The fraction of sp³-hybridized carbons (Fsp3) is 0. The van der Waals surface area contributed by atoms with Crippen LogP contribution in [0.3, 0.4) is 0 Å². The molecule has 6 nitrogen and oxygen atoms in total. The summed E-state index contributed by atoms with van der Waals surface area (Å²) in [6.07, 6.45) is 0. The molecule has 0 unspecified atom stereocenters. The molecule has 6 heteroatoms. The first-order valence-electron chi connectivity index (χ1n) is 10.0. The monoisotopic (exact) mass is 421 g/mol. The zero-order chi connectivity index (χ0) is 21.8. The molecular formula is C26H15NO5. The third kappa shape index (κ3) is 2.53. The van der Waals surface area contributed by atoms with Gasteiger partial charge in [0.05, 0.1) is 11.1 Å². The molecule has 0 radical (unpaired) electrons. The fourth-order valence-electron chi connectivity index (χ4n) is 4.26. The summed E-state index contributed by atoms with van der Waals surface area (Å²) in [5.74, 6) is -0.202. The molecule has 0 aliphatic heterocycles. The molecule has 0 aliphatic rings. The number of H-pyrrole nitrogens is 1. The molecule has 32 heavy (non-hydrogen) atoms. The van der Waals surface area contributed by atoms with Gasteiger partial charge in [0, 0.05) is 16.3 Å². The van der Waals surface area contributed by atoms with Crippen LogP contribution in [0.1, 0.15) is 0 Å². The number of benzene rings is 3. The van der Waals surface area contributed by atoms with Gasteiger partial charge in [-0.2, -0.15) is 0 Å². The van der Waals surface area contributed by atoms with Crippen LogP contribution < -0.4 is 11.3 Å². The Morgan fingerprint density at radius 1 is 0.656 bits per heavy atom. The molecule has 0 fully saturated rings. The largest absolute Gasteiger partial charge is 0.506 e. The Labute approximate surface area is 180 Å². The van der Waals surface area contributed by atoms with Gasteiger partial charge in [-0.25, -0.2) is 9.59 Å². The second kappa shape index (κ2) is 6.72. The topological polar surface area (TPSA) is 96.4 Å². The number of fused-ring (bicyclic) bond motifs is 4. The summed E-state index contributed by atoms with van der Waals surface area (Å²) in [6.45, 7) is 0. The summed E-state index contributed by atoms with van der Waals surface area (Å²) in [4.78, 5) is 29.1. The SMILES string of the molecule is O=c1oc2ccccc2c(O)c1-c1c(-c2ccccc2)[nH]c2c(=O)oc3ccccc3c12. The Balaban J connectivity index is 1.88. The maximum atomic E-state index is 13.2. The minimum absolute atomic E-state index is 0.00967. The Bertz CT molecular complexity index is 1770. The van der Waals surface area contributed by atoms with Crippen molar-refractivity contribution in [3.63, 3.8) is 0 Å². The lowest BCUT2D eigenvalue weighted by Gasteiger charge is -2.09. The molecule has 2 N–H and O–H groups in total. The first-order valence-corrected chi connectivity index (χ1v) is 10.0. The van der Waals surface area contributed by atoms with Gasteiger partial charge in [0.15, 0.2) is 0 Å². The van der Waals surface area contributed by atoms with Gasteiger partial charge in [-0.1, -0.05) is 60.7 Å². The lowest BCUT2D eigenvalue weighted by molar-refractivity contribution is 0.471. The highest BCUT2D eigenvalue weighted by atomic mass is 16.4. The number of hydrogen-bond acceptors (Lipinski definition) is 5. The minimum atomic E-state index is -0.698. The molecule has 0 amide bonds. The fourth-order valence-corrected chi connectivity index (χ4v) is 4.26. The molecule has 6 rings (SSSR count). The van der Waals surface area contributed by atoms with Crippen LogP contribution in [0, 0.1) is 0 Å². The number of nitrogens with one attached hydrogen (secondary N) is 1. The van der Waals surface area contributed by atoms with E-state index in [1.807, 2.05) is 42.5 Å². The van der Waals surface area contributed by atoms with Crippen LogP contribution >= 0.6 is 0 Å². The summed E-state index contributed by atoms with van der Waals surface area (Å²) in [7, 11) is 0. The van der Waals surface area contributed by atoms with Crippen LogP contribution in [0.2, 0.25) is 0 Å². The zero-order valence-electron chi connectivity index (χ0n) is 16.6. The second-order valence-electron chi connectivity index (χ2n) is 7.49. The van der Waals surface area contributed by atoms with E-state index in [0.29, 0.717) is 33.0 Å².